The molecule has 0 amide bonds. The first-order valence-electron chi connectivity index (χ1n) is 5.21. The van der Waals surface area contributed by atoms with Crippen molar-refractivity contribution in [1.29, 1.82) is 0 Å². The summed E-state index contributed by atoms with van der Waals surface area (Å²) < 4.78 is 1.89. The number of hydrogen-bond donors (Lipinski definition) is 0. The third-order valence-electron chi connectivity index (χ3n) is 2.74. The lowest BCUT2D eigenvalue weighted by Crippen LogP contribution is -2.21. The molecule has 76 valence electrons. The van der Waals surface area contributed by atoms with Crippen LogP contribution in [0.25, 0.3) is 0 Å². The van der Waals surface area contributed by atoms with E-state index in [9.17, 15) is 4.79 Å². The maximum atomic E-state index is 11.5. The summed E-state index contributed by atoms with van der Waals surface area (Å²) in [6.07, 6.45) is 4.35. The zero-order chi connectivity index (χ0) is 10.3. The minimum absolute atomic E-state index is 0.129. The van der Waals surface area contributed by atoms with Crippen LogP contribution in [-0.4, -0.2) is 4.57 Å². The summed E-state index contributed by atoms with van der Waals surface area (Å²) in [5.74, 6) is 0. The molecule has 2 heteroatoms. The fourth-order valence-corrected chi connectivity index (χ4v) is 1.59. The highest BCUT2D eigenvalue weighted by molar-refractivity contribution is 5.19. The Kier molecular flexibility index (Phi) is 2.02. The molecule has 0 radical (unpaired) electrons. The second kappa shape index (κ2) is 2.97. The highest BCUT2D eigenvalue weighted by Crippen LogP contribution is 2.34. The largest absolute Gasteiger partial charge is 0.312 e. The van der Waals surface area contributed by atoms with Crippen LogP contribution >= 0.6 is 0 Å². The molecule has 1 saturated carbocycles. The van der Waals surface area contributed by atoms with Gasteiger partial charge in [-0.1, -0.05) is 26.8 Å². The molecule has 2 rings (SSSR count). The molecule has 1 aromatic rings. The van der Waals surface area contributed by atoms with Gasteiger partial charge in [0.05, 0.1) is 0 Å². The van der Waals surface area contributed by atoms with Gasteiger partial charge in [-0.05, 0) is 23.8 Å². The number of nitrogens with zero attached hydrogens (tertiary/aromatic N) is 1. The summed E-state index contributed by atoms with van der Waals surface area (Å²) in [4.78, 5) is 11.5. The van der Waals surface area contributed by atoms with Crippen molar-refractivity contribution in [1.82, 2.24) is 4.57 Å². The number of rotatable bonds is 1. The minimum atomic E-state index is 0.129. The van der Waals surface area contributed by atoms with Crippen LogP contribution in [0.15, 0.2) is 23.1 Å². The summed E-state index contributed by atoms with van der Waals surface area (Å²) in [5, 5.41) is 0. The standard InChI is InChI=1S/C12H17NO/c1-12(2,3)9-4-7-11(14)13(8-9)10-5-6-10/h4,7-8,10H,5-6H2,1-3H3. The number of pyridine rings is 1. The maximum absolute atomic E-state index is 11.5. The number of aromatic nitrogens is 1. The van der Waals surface area contributed by atoms with E-state index in [0.717, 1.165) is 12.8 Å². The predicted molar refractivity (Wildman–Crippen MR) is 57.7 cm³/mol. The van der Waals surface area contributed by atoms with Gasteiger partial charge >= 0.3 is 0 Å². The summed E-state index contributed by atoms with van der Waals surface area (Å²) in [7, 11) is 0. The van der Waals surface area contributed by atoms with Crippen LogP contribution in [0.4, 0.5) is 0 Å². The van der Waals surface area contributed by atoms with Gasteiger partial charge in [0.1, 0.15) is 0 Å². The Balaban J connectivity index is 2.45. The van der Waals surface area contributed by atoms with Crippen LogP contribution in [0, 0.1) is 0 Å². The average molecular weight is 191 g/mol. The molecule has 0 saturated heterocycles. The molecule has 0 spiro atoms. The van der Waals surface area contributed by atoms with E-state index in [4.69, 9.17) is 0 Å². The highest BCUT2D eigenvalue weighted by Gasteiger charge is 2.25. The van der Waals surface area contributed by atoms with Gasteiger partial charge in [0.15, 0.2) is 0 Å². The molecule has 1 aliphatic rings. The zero-order valence-electron chi connectivity index (χ0n) is 9.08. The first-order chi connectivity index (χ1) is 6.48. The Morgan fingerprint density at radius 3 is 2.43 bits per heavy atom. The first-order valence-corrected chi connectivity index (χ1v) is 5.21. The van der Waals surface area contributed by atoms with E-state index in [0.29, 0.717) is 6.04 Å². The van der Waals surface area contributed by atoms with Gasteiger partial charge in [0.2, 0.25) is 0 Å². The van der Waals surface area contributed by atoms with E-state index in [1.807, 2.05) is 16.8 Å². The molecule has 0 aromatic carbocycles. The molecule has 1 aromatic heterocycles. The molecular weight excluding hydrogens is 174 g/mol. The highest BCUT2D eigenvalue weighted by atomic mass is 16.1. The molecular formula is C12H17NO. The van der Waals surface area contributed by atoms with E-state index in [1.165, 1.54) is 5.56 Å². The average Bonchev–Trinajstić information content (AvgIpc) is 2.85. The lowest BCUT2D eigenvalue weighted by molar-refractivity contribution is 0.572. The lowest BCUT2D eigenvalue weighted by Gasteiger charge is -2.20. The summed E-state index contributed by atoms with van der Waals surface area (Å²) >= 11 is 0. The quantitative estimate of drug-likeness (QED) is 0.668. The van der Waals surface area contributed by atoms with Gasteiger partial charge in [-0.15, -0.1) is 0 Å². The normalized spacial score (nSPS) is 17.1. The molecule has 0 unspecified atom stereocenters. The summed E-state index contributed by atoms with van der Waals surface area (Å²) in [6, 6.07) is 4.12. The van der Waals surface area contributed by atoms with E-state index in [1.54, 1.807) is 6.07 Å². The molecule has 1 fully saturated rings. The van der Waals surface area contributed by atoms with Gasteiger partial charge < -0.3 is 4.57 Å². The molecule has 0 N–H and O–H groups in total. The van der Waals surface area contributed by atoms with Crippen LogP contribution in [0.5, 0.6) is 0 Å². The third kappa shape index (κ3) is 1.74. The van der Waals surface area contributed by atoms with Crippen LogP contribution in [0.1, 0.15) is 45.2 Å². The van der Waals surface area contributed by atoms with Gasteiger partial charge in [-0.3, -0.25) is 4.79 Å². The predicted octanol–water partition coefficient (Wildman–Crippen LogP) is 2.48. The van der Waals surface area contributed by atoms with E-state index >= 15 is 0 Å². The Hall–Kier alpha value is -1.05. The number of hydrogen-bond acceptors (Lipinski definition) is 1. The molecule has 1 heterocycles. The van der Waals surface area contributed by atoms with Crippen molar-refractivity contribution >= 4 is 0 Å². The van der Waals surface area contributed by atoms with Crippen molar-refractivity contribution in [3.05, 3.63) is 34.2 Å². The van der Waals surface area contributed by atoms with Gasteiger partial charge in [-0.2, -0.15) is 0 Å². The molecule has 0 atom stereocenters. The molecule has 1 aliphatic carbocycles. The Morgan fingerprint density at radius 2 is 1.93 bits per heavy atom. The smallest absolute Gasteiger partial charge is 0.250 e. The molecule has 14 heavy (non-hydrogen) atoms. The topological polar surface area (TPSA) is 22.0 Å². The zero-order valence-corrected chi connectivity index (χ0v) is 9.08. The van der Waals surface area contributed by atoms with Crippen molar-refractivity contribution in [3.8, 4) is 0 Å². The maximum Gasteiger partial charge on any atom is 0.250 e. The van der Waals surface area contributed by atoms with Crippen LogP contribution in [-0.2, 0) is 5.41 Å². The SMILES string of the molecule is CC(C)(C)c1ccc(=O)n(C2CC2)c1. The Bertz CT molecular complexity index is 394. The third-order valence-corrected chi connectivity index (χ3v) is 2.74. The van der Waals surface area contributed by atoms with E-state index in [2.05, 4.69) is 20.8 Å². The molecule has 0 bridgehead atoms. The van der Waals surface area contributed by atoms with Crippen LogP contribution in [0.2, 0.25) is 0 Å². The van der Waals surface area contributed by atoms with E-state index < -0.39 is 0 Å². The molecule has 2 nitrogen and oxygen atoms in total. The summed E-state index contributed by atoms with van der Waals surface area (Å²) in [5.41, 5.74) is 1.51. The van der Waals surface area contributed by atoms with Crippen LogP contribution in [0.3, 0.4) is 0 Å². The molecule has 0 aliphatic heterocycles. The van der Waals surface area contributed by atoms with Gasteiger partial charge in [0, 0.05) is 18.3 Å². The van der Waals surface area contributed by atoms with E-state index in [-0.39, 0.29) is 11.0 Å². The minimum Gasteiger partial charge on any atom is -0.312 e. The fourth-order valence-electron chi connectivity index (χ4n) is 1.59. The Morgan fingerprint density at radius 1 is 1.29 bits per heavy atom. The first kappa shape index (κ1) is 9.50. The van der Waals surface area contributed by atoms with Crippen molar-refractivity contribution < 1.29 is 0 Å². The van der Waals surface area contributed by atoms with Crippen LogP contribution < -0.4 is 5.56 Å². The summed E-state index contributed by atoms with van der Waals surface area (Å²) in [6.45, 7) is 6.51. The van der Waals surface area contributed by atoms with Crippen molar-refractivity contribution in [2.24, 2.45) is 0 Å². The second-order valence-electron chi connectivity index (χ2n) is 5.14. The fraction of sp³-hybridized carbons (Fsp3) is 0.583. The van der Waals surface area contributed by atoms with Crippen molar-refractivity contribution in [2.45, 2.75) is 45.1 Å². The van der Waals surface area contributed by atoms with Crippen molar-refractivity contribution in [2.75, 3.05) is 0 Å². The second-order valence-corrected chi connectivity index (χ2v) is 5.14. The van der Waals surface area contributed by atoms with Gasteiger partial charge in [0.25, 0.3) is 5.56 Å². The monoisotopic (exact) mass is 191 g/mol. The lowest BCUT2D eigenvalue weighted by atomic mass is 9.88. The Labute approximate surface area is 84.6 Å². The van der Waals surface area contributed by atoms with Crippen molar-refractivity contribution in [3.63, 3.8) is 0 Å². The van der Waals surface area contributed by atoms with Gasteiger partial charge in [-0.25, -0.2) is 0 Å².